The molecule has 1 aliphatic rings. The summed E-state index contributed by atoms with van der Waals surface area (Å²) in [4.78, 5) is 15.5. The highest BCUT2D eigenvalue weighted by Crippen LogP contribution is 2.40. The highest BCUT2D eigenvalue weighted by atomic mass is 19.4. The standard InChI is InChI=1S/C14H10F3NO3/c15-14(16,17)21-8-3-4-9-10(13(19)20)6-11(7-1-2-7)18-12(9)5-8/h3-7H,1-2H2,(H,19,20). The number of nitrogens with zero attached hydrogens (tertiary/aromatic N) is 1. The summed E-state index contributed by atoms with van der Waals surface area (Å²) in [6, 6.07) is 4.97. The van der Waals surface area contributed by atoms with Crippen LogP contribution >= 0.6 is 0 Å². The molecule has 0 saturated heterocycles. The number of aromatic carboxylic acids is 1. The van der Waals surface area contributed by atoms with Crippen LogP contribution in [0.2, 0.25) is 0 Å². The third kappa shape index (κ3) is 2.91. The second kappa shape index (κ2) is 4.61. The zero-order valence-electron chi connectivity index (χ0n) is 10.6. The van der Waals surface area contributed by atoms with Crippen LogP contribution < -0.4 is 4.74 Å². The number of halogens is 3. The van der Waals surface area contributed by atoms with E-state index in [1.807, 2.05) is 0 Å². The summed E-state index contributed by atoms with van der Waals surface area (Å²) in [5, 5.41) is 9.52. The highest BCUT2D eigenvalue weighted by molar-refractivity contribution is 6.02. The maximum Gasteiger partial charge on any atom is 0.573 e. The fourth-order valence-corrected chi connectivity index (χ4v) is 2.19. The van der Waals surface area contributed by atoms with Crippen molar-refractivity contribution in [2.75, 3.05) is 0 Å². The van der Waals surface area contributed by atoms with Gasteiger partial charge in [0.15, 0.2) is 0 Å². The van der Waals surface area contributed by atoms with Gasteiger partial charge in [-0.1, -0.05) is 0 Å². The first kappa shape index (κ1) is 13.7. The van der Waals surface area contributed by atoms with Crippen LogP contribution in [0.4, 0.5) is 13.2 Å². The molecule has 110 valence electrons. The van der Waals surface area contributed by atoms with Crippen LogP contribution in [0, 0.1) is 0 Å². The Bertz CT molecular complexity index is 723. The molecule has 1 heterocycles. The summed E-state index contributed by atoms with van der Waals surface area (Å²) >= 11 is 0. The van der Waals surface area contributed by atoms with E-state index in [0.717, 1.165) is 25.0 Å². The minimum absolute atomic E-state index is 0.0421. The second-order valence-electron chi connectivity index (χ2n) is 4.90. The Labute approximate surface area is 117 Å². The zero-order chi connectivity index (χ0) is 15.2. The van der Waals surface area contributed by atoms with E-state index in [1.165, 1.54) is 12.1 Å². The van der Waals surface area contributed by atoms with Crippen molar-refractivity contribution in [3.63, 3.8) is 0 Å². The lowest BCUT2D eigenvalue weighted by Crippen LogP contribution is -2.17. The predicted molar refractivity (Wildman–Crippen MR) is 67.4 cm³/mol. The first-order chi connectivity index (χ1) is 9.83. The van der Waals surface area contributed by atoms with E-state index >= 15 is 0 Å². The number of ether oxygens (including phenoxy) is 1. The molecule has 7 heteroatoms. The summed E-state index contributed by atoms with van der Waals surface area (Å²) < 4.78 is 40.5. The third-order valence-corrected chi connectivity index (χ3v) is 3.26. The lowest BCUT2D eigenvalue weighted by molar-refractivity contribution is -0.274. The fourth-order valence-electron chi connectivity index (χ4n) is 2.19. The Morgan fingerprint density at radius 2 is 2.00 bits per heavy atom. The van der Waals surface area contributed by atoms with E-state index < -0.39 is 18.1 Å². The molecule has 1 aromatic carbocycles. The SMILES string of the molecule is O=C(O)c1cc(C2CC2)nc2cc(OC(F)(F)F)ccc12. The van der Waals surface area contributed by atoms with Gasteiger partial charge in [0, 0.05) is 23.1 Å². The number of hydrogen-bond donors (Lipinski definition) is 1. The lowest BCUT2D eigenvalue weighted by atomic mass is 10.1. The van der Waals surface area contributed by atoms with Gasteiger partial charge in [0.25, 0.3) is 0 Å². The number of fused-ring (bicyclic) bond motifs is 1. The van der Waals surface area contributed by atoms with Gasteiger partial charge in [0.1, 0.15) is 5.75 Å². The summed E-state index contributed by atoms with van der Waals surface area (Å²) in [5.41, 5.74) is 0.836. The molecule has 1 aliphatic carbocycles. The summed E-state index contributed by atoms with van der Waals surface area (Å²) in [6.07, 6.45) is -2.97. The summed E-state index contributed by atoms with van der Waals surface area (Å²) in [5.74, 6) is -1.35. The minimum Gasteiger partial charge on any atom is -0.478 e. The van der Waals surface area contributed by atoms with Gasteiger partial charge in [-0.3, -0.25) is 4.98 Å². The molecule has 1 fully saturated rings. The quantitative estimate of drug-likeness (QED) is 0.938. The molecule has 0 atom stereocenters. The Kier molecular flexibility index (Phi) is 3.00. The molecule has 0 radical (unpaired) electrons. The van der Waals surface area contributed by atoms with Crippen molar-refractivity contribution in [2.45, 2.75) is 25.1 Å². The Morgan fingerprint density at radius 1 is 1.29 bits per heavy atom. The maximum atomic E-state index is 12.2. The number of carboxylic acids is 1. The average Bonchev–Trinajstić information content (AvgIpc) is 3.19. The first-order valence-corrected chi connectivity index (χ1v) is 6.27. The van der Waals surface area contributed by atoms with Crippen molar-refractivity contribution in [1.82, 2.24) is 4.98 Å². The molecular weight excluding hydrogens is 287 g/mol. The number of pyridine rings is 1. The molecule has 0 unspecified atom stereocenters. The summed E-state index contributed by atoms with van der Waals surface area (Å²) in [6.45, 7) is 0. The monoisotopic (exact) mass is 297 g/mol. The molecule has 0 spiro atoms. The number of alkyl halides is 3. The zero-order valence-corrected chi connectivity index (χ0v) is 10.6. The largest absolute Gasteiger partial charge is 0.573 e. The van der Waals surface area contributed by atoms with Crippen LogP contribution in [0.1, 0.15) is 34.8 Å². The molecule has 4 nitrogen and oxygen atoms in total. The molecule has 0 amide bonds. The Hall–Kier alpha value is -2.31. The number of carboxylic acid groups (broad SMARTS) is 1. The molecule has 1 saturated carbocycles. The van der Waals surface area contributed by atoms with E-state index in [0.29, 0.717) is 11.1 Å². The van der Waals surface area contributed by atoms with Crippen molar-refractivity contribution in [2.24, 2.45) is 0 Å². The van der Waals surface area contributed by atoms with Gasteiger partial charge in [-0.2, -0.15) is 0 Å². The predicted octanol–water partition coefficient (Wildman–Crippen LogP) is 3.71. The number of hydrogen-bond acceptors (Lipinski definition) is 3. The van der Waals surface area contributed by atoms with Crippen LogP contribution in [-0.4, -0.2) is 22.4 Å². The van der Waals surface area contributed by atoms with E-state index in [-0.39, 0.29) is 17.0 Å². The van der Waals surface area contributed by atoms with Gasteiger partial charge >= 0.3 is 12.3 Å². The average molecular weight is 297 g/mol. The highest BCUT2D eigenvalue weighted by Gasteiger charge is 2.31. The topological polar surface area (TPSA) is 59.4 Å². The number of benzene rings is 1. The van der Waals surface area contributed by atoms with E-state index in [4.69, 9.17) is 0 Å². The Balaban J connectivity index is 2.12. The smallest absolute Gasteiger partial charge is 0.478 e. The van der Waals surface area contributed by atoms with Gasteiger partial charge in [0.2, 0.25) is 0 Å². The van der Waals surface area contributed by atoms with Crippen molar-refractivity contribution in [3.05, 3.63) is 35.5 Å². The molecular formula is C14H10F3NO3. The van der Waals surface area contributed by atoms with Crippen molar-refractivity contribution in [1.29, 1.82) is 0 Å². The molecule has 21 heavy (non-hydrogen) atoms. The lowest BCUT2D eigenvalue weighted by Gasteiger charge is -2.11. The van der Waals surface area contributed by atoms with Crippen molar-refractivity contribution < 1.29 is 27.8 Å². The maximum absolute atomic E-state index is 12.2. The molecule has 1 aromatic heterocycles. The number of rotatable bonds is 3. The van der Waals surface area contributed by atoms with Crippen LogP contribution in [0.25, 0.3) is 10.9 Å². The van der Waals surface area contributed by atoms with Gasteiger partial charge in [-0.15, -0.1) is 13.2 Å². The molecule has 2 aromatic rings. The first-order valence-electron chi connectivity index (χ1n) is 6.27. The molecule has 0 aliphatic heterocycles. The summed E-state index contributed by atoms with van der Waals surface area (Å²) in [7, 11) is 0. The van der Waals surface area contributed by atoms with Crippen molar-refractivity contribution in [3.8, 4) is 5.75 Å². The fraction of sp³-hybridized carbons (Fsp3) is 0.286. The molecule has 0 bridgehead atoms. The van der Waals surface area contributed by atoms with Crippen LogP contribution in [0.5, 0.6) is 5.75 Å². The van der Waals surface area contributed by atoms with Crippen molar-refractivity contribution >= 4 is 16.9 Å². The normalized spacial score (nSPS) is 15.2. The van der Waals surface area contributed by atoms with Crippen LogP contribution in [0.3, 0.4) is 0 Å². The third-order valence-electron chi connectivity index (χ3n) is 3.26. The van der Waals surface area contributed by atoms with E-state index in [1.54, 1.807) is 0 Å². The number of aromatic nitrogens is 1. The Morgan fingerprint density at radius 3 is 2.57 bits per heavy atom. The van der Waals surface area contributed by atoms with Gasteiger partial charge < -0.3 is 9.84 Å². The number of carbonyl (C=O) groups is 1. The van der Waals surface area contributed by atoms with E-state index in [2.05, 4.69) is 9.72 Å². The van der Waals surface area contributed by atoms with Gasteiger partial charge in [-0.25, -0.2) is 4.79 Å². The minimum atomic E-state index is -4.79. The van der Waals surface area contributed by atoms with Gasteiger partial charge in [-0.05, 0) is 31.0 Å². The van der Waals surface area contributed by atoms with Gasteiger partial charge in [0.05, 0.1) is 11.1 Å². The molecule has 1 N–H and O–H groups in total. The van der Waals surface area contributed by atoms with Crippen LogP contribution in [-0.2, 0) is 0 Å². The molecule has 3 rings (SSSR count). The van der Waals surface area contributed by atoms with E-state index in [9.17, 15) is 23.1 Å². The van der Waals surface area contributed by atoms with Crippen LogP contribution in [0.15, 0.2) is 24.3 Å². The second-order valence-corrected chi connectivity index (χ2v) is 4.90.